The fraction of sp³-hybridized carbons (Fsp3) is 0.650. The van der Waals surface area contributed by atoms with E-state index >= 15 is 0 Å². The molecule has 2 fully saturated rings. The van der Waals surface area contributed by atoms with Gasteiger partial charge in [0, 0.05) is 30.6 Å². The van der Waals surface area contributed by atoms with Crippen LogP contribution in [0.3, 0.4) is 0 Å². The first-order valence-corrected chi connectivity index (χ1v) is 11.5. The number of hydrogen-bond acceptors (Lipinski definition) is 5. The van der Waals surface area contributed by atoms with E-state index < -0.39 is 27.7 Å². The van der Waals surface area contributed by atoms with E-state index in [1.54, 1.807) is 4.90 Å². The first kappa shape index (κ1) is 23.6. The maximum absolute atomic E-state index is 12.6. The van der Waals surface area contributed by atoms with Gasteiger partial charge in [-0.2, -0.15) is 0 Å². The Morgan fingerprint density at radius 1 is 1.16 bits per heavy atom. The topological polar surface area (TPSA) is 84.9 Å². The molecule has 1 saturated carbocycles. The van der Waals surface area contributed by atoms with E-state index in [1.165, 1.54) is 12.1 Å². The Bertz CT molecular complexity index is 911. The molecule has 1 N–H and O–H groups in total. The summed E-state index contributed by atoms with van der Waals surface area (Å²) in [6.07, 6.45) is -2.58. The molecular formula is C20H27F3N2O5S. The number of carbonyl (C=O) groups excluding carboxylic acids is 1. The summed E-state index contributed by atoms with van der Waals surface area (Å²) in [4.78, 5) is 13.5. The molecule has 0 aromatic heterocycles. The third-order valence-electron chi connectivity index (χ3n) is 5.42. The number of ether oxygens (including phenoxy) is 2. The molecule has 31 heavy (non-hydrogen) atoms. The molecule has 1 amide bonds. The Hall–Kier alpha value is -2.01. The number of benzene rings is 1. The Kier molecular flexibility index (Phi) is 6.22. The predicted octanol–water partition coefficient (Wildman–Crippen LogP) is 4.04. The van der Waals surface area contributed by atoms with E-state index in [4.69, 9.17) is 4.74 Å². The largest absolute Gasteiger partial charge is 0.573 e. The lowest BCUT2D eigenvalue weighted by Gasteiger charge is -2.53. The van der Waals surface area contributed by atoms with E-state index in [2.05, 4.69) is 9.46 Å². The molecule has 7 nitrogen and oxygen atoms in total. The molecule has 1 aromatic rings. The van der Waals surface area contributed by atoms with Crippen LogP contribution in [0.1, 0.15) is 46.5 Å². The normalized spacial score (nSPS) is 19.7. The highest BCUT2D eigenvalue weighted by molar-refractivity contribution is 7.89. The Morgan fingerprint density at radius 3 is 2.32 bits per heavy atom. The molecule has 1 aliphatic carbocycles. The molecule has 1 aliphatic heterocycles. The second-order valence-electron chi connectivity index (χ2n) is 9.25. The summed E-state index contributed by atoms with van der Waals surface area (Å²) in [5, 5.41) is 0. The standard InChI is InChI=1S/C20H27F3N2O5S/c1-18(2,3)30-17(26)25-12-19(13-25)9-7-14(8-10-19)24-31(27,28)16-6-4-5-15(11-16)29-20(21,22)23/h4-6,11,14,24H,7-10,12-13H2,1-3H3. The summed E-state index contributed by atoms with van der Waals surface area (Å²) in [5.74, 6) is -0.588. The third-order valence-corrected chi connectivity index (χ3v) is 6.94. The third kappa shape index (κ3) is 6.25. The lowest BCUT2D eigenvalue weighted by atomic mass is 9.68. The number of likely N-dealkylation sites (tertiary alicyclic amines) is 1. The SMILES string of the molecule is CC(C)(C)OC(=O)N1CC2(CCC(NS(=O)(=O)c3cccc(OC(F)(F)F)c3)CC2)C1. The van der Waals surface area contributed by atoms with Crippen molar-refractivity contribution in [3.8, 4) is 5.75 Å². The van der Waals surface area contributed by atoms with E-state index in [0.717, 1.165) is 25.0 Å². The van der Waals surface area contributed by atoms with Crippen LogP contribution >= 0.6 is 0 Å². The molecular weight excluding hydrogens is 437 g/mol. The quantitative estimate of drug-likeness (QED) is 0.727. The van der Waals surface area contributed by atoms with Crippen molar-refractivity contribution in [2.45, 2.75) is 69.4 Å². The van der Waals surface area contributed by atoms with Gasteiger partial charge < -0.3 is 14.4 Å². The van der Waals surface area contributed by atoms with Crippen molar-refractivity contribution in [1.29, 1.82) is 0 Å². The maximum Gasteiger partial charge on any atom is 0.573 e. The van der Waals surface area contributed by atoms with E-state index in [1.807, 2.05) is 20.8 Å². The summed E-state index contributed by atoms with van der Waals surface area (Å²) < 4.78 is 74.2. The zero-order valence-electron chi connectivity index (χ0n) is 17.7. The van der Waals surface area contributed by atoms with Gasteiger partial charge in [0.2, 0.25) is 10.0 Å². The lowest BCUT2D eigenvalue weighted by molar-refractivity contribution is -0.274. The summed E-state index contributed by atoms with van der Waals surface area (Å²) in [6.45, 7) is 6.59. The highest BCUT2D eigenvalue weighted by Gasteiger charge is 2.48. The van der Waals surface area contributed by atoms with Crippen molar-refractivity contribution in [1.82, 2.24) is 9.62 Å². The molecule has 1 spiro atoms. The van der Waals surface area contributed by atoms with Crippen molar-refractivity contribution in [2.24, 2.45) is 5.41 Å². The van der Waals surface area contributed by atoms with Gasteiger partial charge in [0.15, 0.2) is 0 Å². The summed E-state index contributed by atoms with van der Waals surface area (Å²) in [5.41, 5.74) is -0.586. The smallest absolute Gasteiger partial charge is 0.444 e. The molecule has 11 heteroatoms. The van der Waals surface area contributed by atoms with Gasteiger partial charge in [-0.1, -0.05) is 6.07 Å². The highest BCUT2D eigenvalue weighted by atomic mass is 32.2. The zero-order valence-corrected chi connectivity index (χ0v) is 18.5. The van der Waals surface area contributed by atoms with E-state index in [0.29, 0.717) is 25.9 Å². The second kappa shape index (κ2) is 8.16. The monoisotopic (exact) mass is 464 g/mol. The molecule has 1 aromatic carbocycles. The first-order valence-electron chi connectivity index (χ1n) is 10.0. The fourth-order valence-corrected chi connectivity index (χ4v) is 5.35. The van der Waals surface area contributed by atoms with Crippen LogP contribution in [0.4, 0.5) is 18.0 Å². The number of carbonyl (C=O) groups is 1. The van der Waals surface area contributed by atoms with Crippen LogP contribution < -0.4 is 9.46 Å². The zero-order chi connectivity index (χ0) is 23.1. The molecule has 174 valence electrons. The van der Waals surface area contributed by atoms with E-state index in [9.17, 15) is 26.4 Å². The van der Waals surface area contributed by atoms with Gasteiger partial charge in [0.1, 0.15) is 11.4 Å². The van der Waals surface area contributed by atoms with Crippen molar-refractivity contribution >= 4 is 16.1 Å². The summed E-state index contributed by atoms with van der Waals surface area (Å²) in [7, 11) is -3.99. The number of alkyl halides is 3. The van der Waals surface area contributed by atoms with Crippen LogP contribution in [0.2, 0.25) is 0 Å². The van der Waals surface area contributed by atoms with Crippen molar-refractivity contribution in [3.63, 3.8) is 0 Å². The van der Waals surface area contributed by atoms with Crippen LogP contribution in [0, 0.1) is 5.41 Å². The molecule has 0 radical (unpaired) electrons. The number of rotatable bonds is 4. The number of sulfonamides is 1. The molecule has 0 atom stereocenters. The molecule has 1 heterocycles. The number of hydrogen-bond donors (Lipinski definition) is 1. The molecule has 0 bridgehead atoms. The van der Waals surface area contributed by atoms with Gasteiger partial charge in [-0.3, -0.25) is 0 Å². The molecule has 1 saturated heterocycles. The minimum absolute atomic E-state index is 0.0285. The number of nitrogens with zero attached hydrogens (tertiary/aromatic N) is 1. The lowest BCUT2D eigenvalue weighted by Crippen LogP contribution is -2.61. The fourth-order valence-electron chi connectivity index (χ4n) is 4.01. The van der Waals surface area contributed by atoms with Gasteiger partial charge in [-0.15, -0.1) is 13.2 Å². The maximum atomic E-state index is 12.6. The molecule has 2 aliphatic rings. The van der Waals surface area contributed by atoms with Crippen molar-refractivity contribution < 1.29 is 35.9 Å². The Labute approximate surface area is 179 Å². The number of nitrogens with one attached hydrogen (secondary N) is 1. The Balaban J connectivity index is 1.53. The van der Waals surface area contributed by atoms with Crippen LogP contribution in [0.15, 0.2) is 29.2 Å². The van der Waals surface area contributed by atoms with Crippen LogP contribution in [-0.2, 0) is 14.8 Å². The van der Waals surface area contributed by atoms with Crippen molar-refractivity contribution in [2.75, 3.05) is 13.1 Å². The average Bonchev–Trinajstić information content (AvgIpc) is 2.57. The molecule has 3 rings (SSSR count). The van der Waals surface area contributed by atoms with Crippen molar-refractivity contribution in [3.05, 3.63) is 24.3 Å². The Morgan fingerprint density at radius 2 is 1.77 bits per heavy atom. The van der Waals surface area contributed by atoms with Gasteiger partial charge in [-0.25, -0.2) is 17.9 Å². The second-order valence-corrected chi connectivity index (χ2v) is 11.0. The predicted molar refractivity (Wildman–Crippen MR) is 106 cm³/mol. The van der Waals surface area contributed by atoms with Crippen LogP contribution in [-0.4, -0.2) is 50.5 Å². The highest BCUT2D eigenvalue weighted by Crippen LogP contribution is 2.44. The van der Waals surface area contributed by atoms with Gasteiger partial charge in [0.25, 0.3) is 0 Å². The van der Waals surface area contributed by atoms with Gasteiger partial charge in [0.05, 0.1) is 4.90 Å². The number of halogens is 3. The molecule has 0 unspecified atom stereocenters. The van der Waals surface area contributed by atoms with Crippen LogP contribution in [0.5, 0.6) is 5.75 Å². The minimum Gasteiger partial charge on any atom is -0.444 e. The first-order chi connectivity index (χ1) is 14.2. The minimum atomic E-state index is -4.90. The van der Waals surface area contributed by atoms with Gasteiger partial charge >= 0.3 is 12.5 Å². The average molecular weight is 465 g/mol. The van der Waals surface area contributed by atoms with Gasteiger partial charge in [-0.05, 0) is 58.6 Å². The number of amides is 1. The summed E-state index contributed by atoms with van der Waals surface area (Å²) >= 11 is 0. The van der Waals surface area contributed by atoms with E-state index in [-0.39, 0.29) is 22.4 Å². The summed E-state index contributed by atoms with van der Waals surface area (Å²) in [6, 6.07) is 4.00. The van der Waals surface area contributed by atoms with Crippen LogP contribution in [0.25, 0.3) is 0 Å².